The Morgan fingerprint density at radius 1 is 1.08 bits per heavy atom. The van der Waals surface area contributed by atoms with E-state index in [1.165, 1.54) is 11.1 Å². The molecule has 3 nitrogen and oxygen atoms in total. The highest BCUT2D eigenvalue weighted by Crippen LogP contribution is 2.34. The van der Waals surface area contributed by atoms with E-state index in [9.17, 15) is 4.79 Å². The third kappa shape index (κ3) is 5.26. The van der Waals surface area contributed by atoms with Crippen LogP contribution < -0.4 is 5.32 Å². The van der Waals surface area contributed by atoms with E-state index in [4.69, 9.17) is 16.3 Å². The summed E-state index contributed by atoms with van der Waals surface area (Å²) in [6.45, 7) is 2.16. The van der Waals surface area contributed by atoms with E-state index >= 15 is 0 Å². The average Bonchev–Trinajstić information content (AvgIpc) is 2.69. The van der Waals surface area contributed by atoms with Crippen LogP contribution in [-0.4, -0.2) is 31.4 Å². The summed E-state index contributed by atoms with van der Waals surface area (Å²) in [7, 11) is 0. The number of hydrogen-bond acceptors (Lipinski definition) is 3. The molecule has 0 atom stereocenters. The van der Waals surface area contributed by atoms with E-state index in [2.05, 4.69) is 29.6 Å². The minimum atomic E-state index is -0.0178. The molecule has 1 aliphatic rings. The van der Waals surface area contributed by atoms with Crippen LogP contribution in [0.4, 0.5) is 0 Å². The number of amides is 1. The second kappa shape index (κ2) is 9.45. The van der Waals surface area contributed by atoms with Gasteiger partial charge in [0.25, 0.3) is 0 Å². The Kier molecular flexibility index (Phi) is 7.00. The van der Waals surface area contributed by atoms with Crippen molar-refractivity contribution in [3.8, 4) is 0 Å². The molecule has 0 radical (unpaired) electrons. The van der Waals surface area contributed by atoms with Crippen molar-refractivity contribution in [3.05, 3.63) is 70.7 Å². The lowest BCUT2D eigenvalue weighted by Crippen LogP contribution is -2.45. The summed E-state index contributed by atoms with van der Waals surface area (Å²) in [5.41, 5.74) is 2.45. The standard InChI is InChI=1S/C21H24ClNO2S/c22-19-8-6-17(7-9-19)14-26-15-20(24)23-16-21(10-12-25-13-11-21)18-4-2-1-3-5-18/h1-9H,10-16H2,(H,23,24). The van der Waals surface area contributed by atoms with Crippen LogP contribution in [0, 0.1) is 0 Å². The number of carbonyl (C=O) groups is 1. The summed E-state index contributed by atoms with van der Waals surface area (Å²) in [4.78, 5) is 12.3. The third-order valence-electron chi connectivity index (χ3n) is 4.88. The smallest absolute Gasteiger partial charge is 0.230 e. The fourth-order valence-corrected chi connectivity index (χ4v) is 4.23. The molecule has 1 N–H and O–H groups in total. The molecule has 0 spiro atoms. The van der Waals surface area contributed by atoms with E-state index in [0.29, 0.717) is 12.3 Å². The molecular weight excluding hydrogens is 366 g/mol. The zero-order valence-corrected chi connectivity index (χ0v) is 16.3. The van der Waals surface area contributed by atoms with Crippen molar-refractivity contribution in [2.45, 2.75) is 24.0 Å². The zero-order valence-electron chi connectivity index (χ0n) is 14.7. The molecule has 3 rings (SSSR count). The van der Waals surface area contributed by atoms with Crippen molar-refractivity contribution in [2.75, 3.05) is 25.5 Å². The Balaban J connectivity index is 1.50. The highest BCUT2D eigenvalue weighted by molar-refractivity contribution is 7.99. The SMILES string of the molecule is O=C(CSCc1ccc(Cl)cc1)NCC1(c2ccccc2)CCOCC1. The van der Waals surface area contributed by atoms with Gasteiger partial charge in [-0.1, -0.05) is 54.1 Å². The van der Waals surface area contributed by atoms with Crippen molar-refractivity contribution in [1.29, 1.82) is 0 Å². The molecule has 0 saturated carbocycles. The Morgan fingerprint density at radius 2 is 1.77 bits per heavy atom. The first-order valence-corrected chi connectivity index (χ1v) is 10.4. The molecule has 1 heterocycles. The van der Waals surface area contributed by atoms with Gasteiger partial charge in [-0.25, -0.2) is 0 Å². The fourth-order valence-electron chi connectivity index (χ4n) is 3.28. The van der Waals surface area contributed by atoms with Gasteiger partial charge in [-0.15, -0.1) is 11.8 Å². The normalized spacial score (nSPS) is 16.2. The Hall–Kier alpha value is -1.49. The van der Waals surface area contributed by atoms with Gasteiger partial charge < -0.3 is 10.1 Å². The summed E-state index contributed by atoms with van der Waals surface area (Å²) in [6.07, 6.45) is 1.88. The molecule has 0 bridgehead atoms. The largest absolute Gasteiger partial charge is 0.381 e. The van der Waals surface area contributed by atoms with Crippen LogP contribution in [0.15, 0.2) is 54.6 Å². The average molecular weight is 390 g/mol. The van der Waals surface area contributed by atoms with E-state index in [1.54, 1.807) is 11.8 Å². The number of rotatable bonds is 7. The summed E-state index contributed by atoms with van der Waals surface area (Å²) in [6, 6.07) is 18.2. The molecule has 0 unspecified atom stereocenters. The molecule has 2 aromatic rings. The number of hydrogen-bond donors (Lipinski definition) is 1. The van der Waals surface area contributed by atoms with E-state index < -0.39 is 0 Å². The first kappa shape index (κ1) is 19.3. The predicted molar refractivity (Wildman–Crippen MR) is 109 cm³/mol. The molecular formula is C21H24ClNO2S. The van der Waals surface area contributed by atoms with Gasteiger partial charge >= 0.3 is 0 Å². The topological polar surface area (TPSA) is 38.3 Å². The Bertz CT molecular complexity index is 700. The van der Waals surface area contributed by atoms with Crippen LogP contribution in [0.5, 0.6) is 0 Å². The van der Waals surface area contributed by atoms with E-state index in [0.717, 1.165) is 36.8 Å². The van der Waals surface area contributed by atoms with E-state index in [1.807, 2.05) is 30.3 Å². The summed E-state index contributed by atoms with van der Waals surface area (Å²) in [5.74, 6) is 1.36. The van der Waals surface area contributed by atoms with Gasteiger partial charge in [-0.2, -0.15) is 0 Å². The van der Waals surface area contributed by atoms with Crippen molar-refractivity contribution < 1.29 is 9.53 Å². The van der Waals surface area contributed by atoms with Crippen molar-refractivity contribution >= 4 is 29.3 Å². The van der Waals surface area contributed by atoms with Crippen molar-refractivity contribution in [2.24, 2.45) is 0 Å². The number of carbonyl (C=O) groups excluding carboxylic acids is 1. The number of benzene rings is 2. The summed E-state index contributed by atoms with van der Waals surface area (Å²) >= 11 is 7.52. The Labute approximate surface area is 164 Å². The quantitative estimate of drug-likeness (QED) is 0.760. The lowest BCUT2D eigenvalue weighted by Gasteiger charge is -2.38. The van der Waals surface area contributed by atoms with Crippen molar-refractivity contribution in [1.82, 2.24) is 5.32 Å². The zero-order chi connectivity index (χ0) is 18.2. The molecule has 5 heteroatoms. The molecule has 26 heavy (non-hydrogen) atoms. The molecule has 0 aliphatic carbocycles. The maximum absolute atomic E-state index is 12.3. The lowest BCUT2D eigenvalue weighted by atomic mass is 9.74. The number of thioether (sulfide) groups is 1. The van der Waals surface area contributed by atoms with Crippen LogP contribution in [0.2, 0.25) is 5.02 Å². The molecule has 138 valence electrons. The van der Waals surface area contributed by atoms with Crippen LogP contribution >= 0.6 is 23.4 Å². The highest BCUT2D eigenvalue weighted by Gasteiger charge is 2.34. The maximum atomic E-state index is 12.3. The summed E-state index contributed by atoms with van der Waals surface area (Å²) < 4.78 is 5.55. The molecule has 2 aromatic carbocycles. The molecule has 1 aliphatic heterocycles. The first-order valence-electron chi connectivity index (χ1n) is 8.90. The highest BCUT2D eigenvalue weighted by atomic mass is 35.5. The van der Waals surface area contributed by atoms with Gasteiger partial charge in [-0.05, 0) is 36.1 Å². The van der Waals surface area contributed by atoms with Gasteiger partial charge in [0, 0.05) is 35.9 Å². The Morgan fingerprint density at radius 3 is 2.46 bits per heavy atom. The minimum absolute atomic E-state index is 0.0178. The fraction of sp³-hybridized carbons (Fsp3) is 0.381. The number of ether oxygens (including phenoxy) is 1. The second-order valence-electron chi connectivity index (χ2n) is 6.65. The van der Waals surface area contributed by atoms with Gasteiger partial charge in [0.05, 0.1) is 5.75 Å². The second-order valence-corrected chi connectivity index (χ2v) is 8.08. The van der Waals surface area contributed by atoms with Gasteiger partial charge in [0.1, 0.15) is 0 Å². The van der Waals surface area contributed by atoms with Gasteiger partial charge in [0.15, 0.2) is 0 Å². The summed E-state index contributed by atoms with van der Waals surface area (Å²) in [5, 5.41) is 3.89. The molecule has 1 amide bonds. The molecule has 0 aromatic heterocycles. The lowest BCUT2D eigenvalue weighted by molar-refractivity contribution is -0.119. The maximum Gasteiger partial charge on any atom is 0.230 e. The monoisotopic (exact) mass is 389 g/mol. The van der Waals surface area contributed by atoms with Gasteiger partial charge in [-0.3, -0.25) is 4.79 Å². The molecule has 1 saturated heterocycles. The van der Waals surface area contributed by atoms with Crippen LogP contribution in [0.1, 0.15) is 24.0 Å². The minimum Gasteiger partial charge on any atom is -0.381 e. The van der Waals surface area contributed by atoms with Gasteiger partial charge in [0.2, 0.25) is 5.91 Å². The van der Waals surface area contributed by atoms with Crippen LogP contribution in [0.25, 0.3) is 0 Å². The predicted octanol–water partition coefficient (Wildman–Crippen LogP) is 4.44. The van der Waals surface area contributed by atoms with Crippen LogP contribution in [-0.2, 0) is 20.7 Å². The van der Waals surface area contributed by atoms with E-state index in [-0.39, 0.29) is 11.3 Å². The first-order chi connectivity index (χ1) is 12.7. The number of nitrogens with one attached hydrogen (secondary N) is 1. The van der Waals surface area contributed by atoms with Crippen molar-refractivity contribution in [3.63, 3.8) is 0 Å². The molecule has 1 fully saturated rings. The van der Waals surface area contributed by atoms with Crippen LogP contribution in [0.3, 0.4) is 0 Å². The number of halogens is 1. The third-order valence-corrected chi connectivity index (χ3v) is 6.13.